The summed E-state index contributed by atoms with van der Waals surface area (Å²) in [4.78, 5) is 2.12. The van der Waals surface area contributed by atoms with Crippen molar-refractivity contribution >= 4 is 23.0 Å². The maximum absolute atomic E-state index is 9.24. The SMILES string of the molecule is COc1cccc(NC(=S)N2CCC[C@H](CO)C2)c1. The second kappa shape index (κ2) is 6.73. The van der Waals surface area contributed by atoms with Crippen LogP contribution in [0.4, 0.5) is 5.69 Å². The van der Waals surface area contributed by atoms with Crippen LogP contribution in [0.25, 0.3) is 0 Å². The second-order valence-corrected chi connectivity index (χ2v) is 5.19. The first-order chi connectivity index (χ1) is 9.22. The van der Waals surface area contributed by atoms with Crippen molar-refractivity contribution in [1.29, 1.82) is 0 Å². The van der Waals surface area contributed by atoms with E-state index in [0.717, 1.165) is 37.4 Å². The molecule has 4 nitrogen and oxygen atoms in total. The Morgan fingerprint density at radius 1 is 1.58 bits per heavy atom. The van der Waals surface area contributed by atoms with Gasteiger partial charge in [-0.2, -0.15) is 0 Å². The van der Waals surface area contributed by atoms with E-state index in [-0.39, 0.29) is 6.61 Å². The van der Waals surface area contributed by atoms with Crippen molar-refractivity contribution in [2.45, 2.75) is 12.8 Å². The molecular formula is C14H20N2O2S. The van der Waals surface area contributed by atoms with E-state index in [2.05, 4.69) is 10.2 Å². The van der Waals surface area contributed by atoms with Gasteiger partial charge in [0.05, 0.1) is 7.11 Å². The number of likely N-dealkylation sites (tertiary alicyclic amines) is 1. The van der Waals surface area contributed by atoms with Gasteiger partial charge >= 0.3 is 0 Å². The zero-order chi connectivity index (χ0) is 13.7. The molecule has 0 unspecified atom stereocenters. The predicted molar refractivity (Wildman–Crippen MR) is 80.6 cm³/mol. The van der Waals surface area contributed by atoms with Gasteiger partial charge in [0.1, 0.15) is 5.75 Å². The molecule has 1 atom stereocenters. The molecule has 1 aliphatic rings. The molecule has 0 aliphatic carbocycles. The molecule has 1 saturated heterocycles. The maximum atomic E-state index is 9.24. The van der Waals surface area contributed by atoms with Crippen LogP contribution in [0.1, 0.15) is 12.8 Å². The van der Waals surface area contributed by atoms with Crippen molar-refractivity contribution in [1.82, 2.24) is 4.90 Å². The summed E-state index contributed by atoms with van der Waals surface area (Å²) in [5.41, 5.74) is 0.926. The normalized spacial score (nSPS) is 19.1. The second-order valence-electron chi connectivity index (χ2n) is 4.80. The number of aliphatic hydroxyl groups is 1. The first kappa shape index (κ1) is 14.1. The van der Waals surface area contributed by atoms with E-state index in [1.165, 1.54) is 0 Å². The molecule has 1 fully saturated rings. The van der Waals surface area contributed by atoms with Crippen molar-refractivity contribution < 1.29 is 9.84 Å². The summed E-state index contributed by atoms with van der Waals surface area (Å²) in [6.45, 7) is 2.01. The number of hydrogen-bond donors (Lipinski definition) is 2. The van der Waals surface area contributed by atoms with Gasteiger partial charge in [-0.1, -0.05) is 6.07 Å². The molecule has 19 heavy (non-hydrogen) atoms. The van der Waals surface area contributed by atoms with Crippen LogP contribution in [0.3, 0.4) is 0 Å². The van der Waals surface area contributed by atoms with E-state index in [1.54, 1.807) is 7.11 Å². The molecule has 0 saturated carbocycles. The number of nitrogens with zero attached hydrogens (tertiary/aromatic N) is 1. The van der Waals surface area contributed by atoms with E-state index in [4.69, 9.17) is 17.0 Å². The minimum absolute atomic E-state index is 0.234. The number of thiocarbonyl (C=S) groups is 1. The fourth-order valence-corrected chi connectivity index (χ4v) is 2.59. The lowest BCUT2D eigenvalue weighted by Gasteiger charge is -2.33. The number of methoxy groups -OCH3 is 1. The highest BCUT2D eigenvalue weighted by molar-refractivity contribution is 7.80. The van der Waals surface area contributed by atoms with Crippen LogP contribution in [0.15, 0.2) is 24.3 Å². The van der Waals surface area contributed by atoms with E-state index < -0.39 is 0 Å². The first-order valence-corrected chi connectivity index (χ1v) is 6.94. The Kier molecular flexibility index (Phi) is 4.99. The first-order valence-electron chi connectivity index (χ1n) is 6.53. The highest BCUT2D eigenvalue weighted by Crippen LogP contribution is 2.20. The predicted octanol–water partition coefficient (Wildman–Crippen LogP) is 2.10. The third-order valence-corrected chi connectivity index (χ3v) is 3.75. The zero-order valence-electron chi connectivity index (χ0n) is 11.1. The topological polar surface area (TPSA) is 44.7 Å². The van der Waals surface area contributed by atoms with Gasteiger partial charge < -0.3 is 20.1 Å². The number of hydrogen-bond acceptors (Lipinski definition) is 3. The van der Waals surface area contributed by atoms with Crippen molar-refractivity contribution in [3.05, 3.63) is 24.3 Å². The third-order valence-electron chi connectivity index (χ3n) is 3.39. The van der Waals surface area contributed by atoms with E-state index >= 15 is 0 Å². The molecule has 1 aromatic carbocycles. The van der Waals surface area contributed by atoms with Crippen LogP contribution < -0.4 is 10.1 Å². The number of piperidine rings is 1. The van der Waals surface area contributed by atoms with Crippen molar-refractivity contribution in [3.63, 3.8) is 0 Å². The Hall–Kier alpha value is -1.33. The number of rotatable bonds is 3. The number of aliphatic hydroxyl groups excluding tert-OH is 1. The minimum atomic E-state index is 0.234. The Morgan fingerprint density at radius 2 is 2.42 bits per heavy atom. The molecule has 1 heterocycles. The van der Waals surface area contributed by atoms with Crippen LogP contribution in [0.5, 0.6) is 5.75 Å². The highest BCUT2D eigenvalue weighted by atomic mass is 32.1. The van der Waals surface area contributed by atoms with Crippen LogP contribution in [-0.2, 0) is 0 Å². The van der Waals surface area contributed by atoms with Crippen molar-refractivity contribution in [2.75, 3.05) is 32.1 Å². The molecule has 0 radical (unpaired) electrons. The Balaban J connectivity index is 1.96. The van der Waals surface area contributed by atoms with Gasteiger partial charge in [-0.05, 0) is 43.1 Å². The Bertz CT molecular complexity index is 439. The van der Waals surface area contributed by atoms with Gasteiger partial charge in [0, 0.05) is 31.5 Å². The maximum Gasteiger partial charge on any atom is 0.173 e. The number of anilines is 1. The Labute approximate surface area is 119 Å². The van der Waals surface area contributed by atoms with Gasteiger partial charge in [0.25, 0.3) is 0 Å². The van der Waals surface area contributed by atoms with Crippen LogP contribution >= 0.6 is 12.2 Å². The lowest BCUT2D eigenvalue weighted by atomic mass is 9.99. The van der Waals surface area contributed by atoms with Crippen LogP contribution in [-0.4, -0.2) is 41.9 Å². The molecule has 0 amide bonds. The largest absolute Gasteiger partial charge is 0.497 e. The zero-order valence-corrected chi connectivity index (χ0v) is 11.9. The molecule has 1 aromatic rings. The molecule has 0 aromatic heterocycles. The van der Waals surface area contributed by atoms with E-state index in [0.29, 0.717) is 11.0 Å². The lowest BCUT2D eigenvalue weighted by molar-refractivity contribution is 0.162. The van der Waals surface area contributed by atoms with Gasteiger partial charge in [-0.15, -0.1) is 0 Å². The molecule has 5 heteroatoms. The van der Waals surface area contributed by atoms with Gasteiger partial charge in [0.2, 0.25) is 0 Å². The quantitative estimate of drug-likeness (QED) is 0.830. The smallest absolute Gasteiger partial charge is 0.173 e. The fraction of sp³-hybridized carbons (Fsp3) is 0.500. The number of nitrogens with one attached hydrogen (secondary N) is 1. The fourth-order valence-electron chi connectivity index (χ4n) is 2.30. The molecular weight excluding hydrogens is 260 g/mol. The summed E-state index contributed by atoms with van der Waals surface area (Å²) in [6, 6.07) is 7.70. The average molecular weight is 280 g/mol. The summed E-state index contributed by atoms with van der Waals surface area (Å²) in [6.07, 6.45) is 2.15. The molecule has 0 bridgehead atoms. The van der Waals surface area contributed by atoms with Gasteiger partial charge in [-0.3, -0.25) is 0 Å². The molecule has 104 valence electrons. The van der Waals surface area contributed by atoms with E-state index in [1.807, 2.05) is 24.3 Å². The molecule has 1 aliphatic heterocycles. The summed E-state index contributed by atoms with van der Waals surface area (Å²) in [7, 11) is 1.65. The number of benzene rings is 1. The Morgan fingerprint density at radius 3 is 3.16 bits per heavy atom. The highest BCUT2D eigenvalue weighted by Gasteiger charge is 2.21. The van der Waals surface area contributed by atoms with Gasteiger partial charge in [-0.25, -0.2) is 0 Å². The van der Waals surface area contributed by atoms with Crippen LogP contribution in [0, 0.1) is 5.92 Å². The summed E-state index contributed by atoms with van der Waals surface area (Å²) in [5.74, 6) is 1.14. The standard InChI is InChI=1S/C14H20N2O2S/c1-18-13-6-2-5-12(8-13)15-14(19)16-7-3-4-11(9-16)10-17/h2,5-6,8,11,17H,3-4,7,9-10H2,1H3,(H,15,19)/t11-/m0/s1. The summed E-state index contributed by atoms with van der Waals surface area (Å²) < 4.78 is 5.19. The summed E-state index contributed by atoms with van der Waals surface area (Å²) in [5, 5.41) is 13.2. The minimum Gasteiger partial charge on any atom is -0.497 e. The third kappa shape index (κ3) is 3.81. The van der Waals surface area contributed by atoms with Crippen LogP contribution in [0.2, 0.25) is 0 Å². The molecule has 2 N–H and O–H groups in total. The van der Waals surface area contributed by atoms with E-state index in [9.17, 15) is 5.11 Å². The number of ether oxygens (including phenoxy) is 1. The average Bonchev–Trinajstić information content (AvgIpc) is 2.47. The van der Waals surface area contributed by atoms with Gasteiger partial charge in [0.15, 0.2) is 5.11 Å². The monoisotopic (exact) mass is 280 g/mol. The van der Waals surface area contributed by atoms with Crippen molar-refractivity contribution in [2.24, 2.45) is 5.92 Å². The molecule has 2 rings (SSSR count). The molecule has 0 spiro atoms. The summed E-state index contributed by atoms with van der Waals surface area (Å²) >= 11 is 5.43. The van der Waals surface area contributed by atoms with Crippen molar-refractivity contribution in [3.8, 4) is 5.75 Å². The lowest BCUT2D eigenvalue weighted by Crippen LogP contribution is -2.43.